The number of thiophene rings is 1. The van der Waals surface area contributed by atoms with Crippen LogP contribution in [0.3, 0.4) is 0 Å². The standard InChI is InChI=1S/C40H23NS/c1-3-10-34-33(9-1)39-35(23-22-32-30-8-2-4-11-36(30)42-40(32)39)41(34)28-18-14-24(15-19-28)29-20-16-27-13-12-25-6-5-7-26-17-21-31(29)38(27)37(25)26/h1-23H. The van der Waals surface area contributed by atoms with Crippen LogP contribution in [0.25, 0.3) is 91.1 Å². The topological polar surface area (TPSA) is 4.93 Å². The fraction of sp³-hybridized carbons (Fsp3) is 0. The number of aromatic nitrogens is 1. The molecule has 0 saturated carbocycles. The van der Waals surface area contributed by atoms with E-state index in [0.717, 1.165) is 0 Å². The maximum absolute atomic E-state index is 2.43. The van der Waals surface area contributed by atoms with Crippen molar-refractivity contribution in [1.29, 1.82) is 0 Å². The van der Waals surface area contributed by atoms with Gasteiger partial charge in [-0.25, -0.2) is 0 Å². The molecule has 0 saturated heterocycles. The first-order valence-electron chi connectivity index (χ1n) is 14.4. The summed E-state index contributed by atoms with van der Waals surface area (Å²) < 4.78 is 5.14. The van der Waals surface area contributed by atoms with Crippen LogP contribution in [0, 0.1) is 0 Å². The van der Waals surface area contributed by atoms with E-state index in [2.05, 4.69) is 144 Å². The van der Waals surface area contributed by atoms with Crippen LogP contribution in [0.5, 0.6) is 0 Å². The molecule has 42 heavy (non-hydrogen) atoms. The molecule has 8 aromatic carbocycles. The highest BCUT2D eigenvalue weighted by Gasteiger charge is 2.18. The second-order valence-corrected chi connectivity index (χ2v) is 12.4. The van der Waals surface area contributed by atoms with Gasteiger partial charge >= 0.3 is 0 Å². The Morgan fingerprint density at radius 3 is 1.95 bits per heavy atom. The highest BCUT2D eigenvalue weighted by atomic mass is 32.1. The van der Waals surface area contributed by atoms with Crippen molar-refractivity contribution in [2.45, 2.75) is 0 Å². The number of rotatable bonds is 2. The lowest BCUT2D eigenvalue weighted by molar-refractivity contribution is 1.18. The summed E-state index contributed by atoms with van der Waals surface area (Å²) in [6.07, 6.45) is 0. The average Bonchev–Trinajstić information content (AvgIpc) is 3.59. The minimum Gasteiger partial charge on any atom is -0.309 e. The zero-order valence-corrected chi connectivity index (χ0v) is 23.5. The largest absolute Gasteiger partial charge is 0.309 e. The van der Waals surface area contributed by atoms with Gasteiger partial charge in [0, 0.05) is 36.6 Å². The second-order valence-electron chi connectivity index (χ2n) is 11.3. The molecule has 2 heterocycles. The van der Waals surface area contributed by atoms with E-state index in [-0.39, 0.29) is 0 Å². The summed E-state index contributed by atoms with van der Waals surface area (Å²) in [5.41, 5.74) is 6.20. The molecule has 0 N–H and O–H groups in total. The van der Waals surface area contributed by atoms with Crippen LogP contribution in [0.1, 0.15) is 0 Å². The van der Waals surface area contributed by atoms with Gasteiger partial charge in [0.1, 0.15) is 0 Å². The van der Waals surface area contributed by atoms with Crippen molar-refractivity contribution in [3.63, 3.8) is 0 Å². The molecule has 1 nitrogen and oxygen atoms in total. The van der Waals surface area contributed by atoms with E-state index in [4.69, 9.17) is 0 Å². The van der Waals surface area contributed by atoms with E-state index < -0.39 is 0 Å². The molecular formula is C40H23NS. The monoisotopic (exact) mass is 549 g/mol. The Balaban J connectivity index is 1.19. The fourth-order valence-electron chi connectivity index (χ4n) is 7.29. The van der Waals surface area contributed by atoms with E-state index in [0.29, 0.717) is 0 Å². The normalized spacial score (nSPS) is 12.3. The Hall–Kier alpha value is -5.18. The van der Waals surface area contributed by atoms with Crippen molar-refractivity contribution in [2.75, 3.05) is 0 Å². The lowest BCUT2D eigenvalue weighted by atomic mass is 9.90. The summed E-state index contributed by atoms with van der Waals surface area (Å²) in [4.78, 5) is 0. The van der Waals surface area contributed by atoms with Crippen LogP contribution in [0.15, 0.2) is 140 Å². The second kappa shape index (κ2) is 8.19. The van der Waals surface area contributed by atoms with Crippen molar-refractivity contribution in [2.24, 2.45) is 0 Å². The zero-order valence-electron chi connectivity index (χ0n) is 22.6. The summed E-state index contributed by atoms with van der Waals surface area (Å²) in [5, 5.41) is 13.3. The number of para-hydroxylation sites is 1. The van der Waals surface area contributed by atoms with Crippen molar-refractivity contribution >= 4 is 85.6 Å². The van der Waals surface area contributed by atoms with Gasteiger partial charge in [0.25, 0.3) is 0 Å². The molecule has 0 atom stereocenters. The SMILES string of the molecule is c1cc2ccc3ccc(-c4ccc(-n5c6ccccc6c6c7sc8ccccc8c7ccc65)cc4)c4ccc(c1)c2c34. The first-order chi connectivity index (χ1) is 20.8. The number of hydrogen-bond donors (Lipinski definition) is 0. The van der Waals surface area contributed by atoms with E-state index in [9.17, 15) is 0 Å². The summed E-state index contributed by atoms with van der Waals surface area (Å²) in [6.45, 7) is 0. The van der Waals surface area contributed by atoms with E-state index in [1.165, 1.54) is 91.1 Å². The molecule has 0 fully saturated rings. The molecule has 0 aliphatic carbocycles. The van der Waals surface area contributed by atoms with Crippen molar-refractivity contribution in [3.05, 3.63) is 140 Å². The lowest BCUT2D eigenvalue weighted by Gasteiger charge is -2.15. The van der Waals surface area contributed by atoms with Gasteiger partial charge in [-0.2, -0.15) is 0 Å². The molecule has 10 rings (SSSR count). The molecule has 0 bridgehead atoms. The molecule has 0 aliphatic rings. The van der Waals surface area contributed by atoms with Crippen LogP contribution in [0.2, 0.25) is 0 Å². The third kappa shape index (κ3) is 2.92. The van der Waals surface area contributed by atoms with Gasteiger partial charge < -0.3 is 4.57 Å². The fourth-order valence-corrected chi connectivity index (χ4v) is 8.55. The molecule has 194 valence electrons. The van der Waals surface area contributed by atoms with Crippen molar-refractivity contribution in [1.82, 2.24) is 4.57 Å². The molecule has 2 aromatic heterocycles. The molecule has 0 amide bonds. The molecule has 10 aromatic rings. The van der Waals surface area contributed by atoms with Gasteiger partial charge in [-0.05, 0) is 73.8 Å². The molecule has 0 radical (unpaired) electrons. The summed E-state index contributed by atoms with van der Waals surface area (Å²) in [7, 11) is 0. The Bertz CT molecular complexity index is 2650. The smallest absolute Gasteiger partial charge is 0.0555 e. The first-order valence-corrected chi connectivity index (χ1v) is 15.3. The first kappa shape index (κ1) is 22.5. The zero-order chi connectivity index (χ0) is 27.4. The van der Waals surface area contributed by atoms with E-state index in [1.54, 1.807) is 0 Å². The minimum atomic E-state index is 1.18. The minimum absolute atomic E-state index is 1.18. The lowest BCUT2D eigenvalue weighted by Crippen LogP contribution is -1.94. The Kier molecular flexibility index (Phi) is 4.39. The summed E-state index contributed by atoms with van der Waals surface area (Å²) >= 11 is 1.90. The van der Waals surface area contributed by atoms with Crippen LogP contribution in [-0.4, -0.2) is 4.57 Å². The third-order valence-electron chi connectivity index (χ3n) is 9.15. The Morgan fingerprint density at radius 2 is 1.10 bits per heavy atom. The van der Waals surface area contributed by atoms with E-state index in [1.807, 2.05) is 11.3 Å². The number of benzene rings is 8. The molecule has 0 unspecified atom stereocenters. The van der Waals surface area contributed by atoms with Gasteiger partial charge in [-0.3, -0.25) is 0 Å². The molecule has 0 aliphatic heterocycles. The highest BCUT2D eigenvalue weighted by Crippen LogP contribution is 2.44. The van der Waals surface area contributed by atoms with Crippen molar-refractivity contribution in [3.8, 4) is 16.8 Å². The average molecular weight is 550 g/mol. The van der Waals surface area contributed by atoms with Crippen LogP contribution in [0.4, 0.5) is 0 Å². The Morgan fingerprint density at radius 1 is 0.405 bits per heavy atom. The predicted molar refractivity (Wildman–Crippen MR) is 183 cm³/mol. The third-order valence-corrected chi connectivity index (χ3v) is 10.3. The van der Waals surface area contributed by atoms with Gasteiger partial charge in [0.2, 0.25) is 0 Å². The Labute approximate surface area is 245 Å². The highest BCUT2D eigenvalue weighted by molar-refractivity contribution is 7.26. The number of fused-ring (bicyclic) bond motifs is 7. The van der Waals surface area contributed by atoms with Crippen LogP contribution < -0.4 is 0 Å². The molecular weight excluding hydrogens is 527 g/mol. The quantitative estimate of drug-likeness (QED) is 0.189. The van der Waals surface area contributed by atoms with Gasteiger partial charge in [0.05, 0.1) is 11.0 Å². The maximum Gasteiger partial charge on any atom is 0.0555 e. The van der Waals surface area contributed by atoms with Crippen LogP contribution in [-0.2, 0) is 0 Å². The maximum atomic E-state index is 2.43. The predicted octanol–water partition coefficient (Wildman–Crippen LogP) is 11.7. The van der Waals surface area contributed by atoms with Gasteiger partial charge in [0.15, 0.2) is 0 Å². The van der Waals surface area contributed by atoms with Gasteiger partial charge in [-0.15, -0.1) is 11.3 Å². The van der Waals surface area contributed by atoms with E-state index >= 15 is 0 Å². The molecule has 0 spiro atoms. The van der Waals surface area contributed by atoms with Gasteiger partial charge in [-0.1, -0.05) is 109 Å². The summed E-state index contributed by atoms with van der Waals surface area (Å²) in [6, 6.07) is 51.6. The molecule has 2 heteroatoms. The number of nitrogens with zero attached hydrogens (tertiary/aromatic N) is 1. The van der Waals surface area contributed by atoms with Crippen LogP contribution >= 0.6 is 11.3 Å². The summed E-state index contributed by atoms with van der Waals surface area (Å²) in [5.74, 6) is 0. The number of hydrogen-bond acceptors (Lipinski definition) is 1. The van der Waals surface area contributed by atoms with Crippen molar-refractivity contribution < 1.29 is 0 Å².